The van der Waals surface area contributed by atoms with Crippen LogP contribution in [0.4, 0.5) is 10.5 Å². The summed E-state index contributed by atoms with van der Waals surface area (Å²) in [7, 11) is 0. The first-order chi connectivity index (χ1) is 11.5. The summed E-state index contributed by atoms with van der Waals surface area (Å²) in [6.07, 6.45) is 2.30. The highest BCUT2D eigenvalue weighted by atomic mass is 16.3. The molecule has 0 fully saturated rings. The molecule has 2 amide bonds. The summed E-state index contributed by atoms with van der Waals surface area (Å²) < 4.78 is 1.55. The van der Waals surface area contributed by atoms with E-state index in [1.54, 1.807) is 22.9 Å². The van der Waals surface area contributed by atoms with Gasteiger partial charge in [-0.05, 0) is 31.0 Å². The molecule has 1 aromatic heterocycles. The van der Waals surface area contributed by atoms with Gasteiger partial charge in [0.1, 0.15) is 5.69 Å². The normalized spacial score (nSPS) is 11.8. The Labute approximate surface area is 141 Å². The lowest BCUT2D eigenvalue weighted by Gasteiger charge is -2.15. The zero-order chi connectivity index (χ0) is 17.5. The molecule has 0 aliphatic rings. The highest BCUT2D eigenvalue weighted by Gasteiger charge is 2.11. The number of rotatable bonds is 6. The molecule has 0 saturated carbocycles. The number of hydrogen-bond acceptors (Lipinski definition) is 3. The number of aryl methyl sites for hydroxylation is 1. The van der Waals surface area contributed by atoms with E-state index in [-0.39, 0.29) is 23.9 Å². The predicted molar refractivity (Wildman–Crippen MR) is 94.3 cm³/mol. The molecule has 1 aromatic carbocycles. The Morgan fingerprint density at radius 2 is 1.96 bits per heavy atom. The lowest BCUT2D eigenvalue weighted by Crippen LogP contribution is -2.41. The van der Waals surface area contributed by atoms with Crippen LogP contribution in [0.15, 0.2) is 47.4 Å². The van der Waals surface area contributed by atoms with Crippen molar-refractivity contribution in [3.05, 3.63) is 64.1 Å². The minimum atomic E-state index is -0.499. The van der Waals surface area contributed by atoms with Gasteiger partial charge in [-0.1, -0.05) is 36.8 Å². The fourth-order valence-corrected chi connectivity index (χ4v) is 2.27. The molecule has 1 atom stereocenters. The number of nitrogens with one attached hydrogen (secondary N) is 2. The molecule has 0 aliphatic heterocycles. The third kappa shape index (κ3) is 4.70. The summed E-state index contributed by atoms with van der Waals surface area (Å²) in [4.78, 5) is 24.4. The van der Waals surface area contributed by atoms with Crippen molar-refractivity contribution in [3.63, 3.8) is 0 Å². The highest BCUT2D eigenvalue weighted by molar-refractivity contribution is 5.89. The maximum atomic E-state index is 12.5. The maximum absolute atomic E-state index is 12.5. The largest absolute Gasteiger partial charge is 0.394 e. The molecule has 2 aromatic rings. The molecule has 0 radical (unpaired) electrons. The van der Waals surface area contributed by atoms with Crippen LogP contribution < -0.4 is 16.2 Å². The summed E-state index contributed by atoms with van der Waals surface area (Å²) in [5, 5.41) is 14.3. The lowest BCUT2D eigenvalue weighted by molar-refractivity contribution is 0.222. The number of pyridine rings is 1. The van der Waals surface area contributed by atoms with Crippen molar-refractivity contribution >= 4 is 11.7 Å². The first-order valence-electron chi connectivity index (χ1n) is 7.97. The van der Waals surface area contributed by atoms with Crippen LogP contribution in [0.1, 0.15) is 24.5 Å². The number of aliphatic hydroxyl groups excluding tert-OH is 1. The second-order valence-corrected chi connectivity index (χ2v) is 5.73. The van der Waals surface area contributed by atoms with Gasteiger partial charge in [0.05, 0.1) is 19.2 Å². The highest BCUT2D eigenvalue weighted by Crippen LogP contribution is 2.06. The number of aliphatic hydroxyl groups is 1. The summed E-state index contributed by atoms with van der Waals surface area (Å²) >= 11 is 0. The van der Waals surface area contributed by atoms with Gasteiger partial charge in [-0.15, -0.1) is 0 Å². The van der Waals surface area contributed by atoms with Crippen LogP contribution in [0.5, 0.6) is 0 Å². The molecule has 1 unspecified atom stereocenters. The fourth-order valence-electron chi connectivity index (χ4n) is 2.27. The zero-order valence-electron chi connectivity index (χ0n) is 14.0. The molecule has 128 valence electrons. The summed E-state index contributed by atoms with van der Waals surface area (Å²) in [6.45, 7) is 4.16. The number of anilines is 1. The van der Waals surface area contributed by atoms with Gasteiger partial charge in [-0.25, -0.2) is 4.79 Å². The van der Waals surface area contributed by atoms with Crippen LogP contribution in [-0.2, 0) is 6.54 Å². The number of aromatic nitrogens is 1. The van der Waals surface area contributed by atoms with Crippen LogP contribution in [0.2, 0.25) is 0 Å². The van der Waals surface area contributed by atoms with E-state index in [0.717, 1.165) is 11.1 Å². The van der Waals surface area contributed by atoms with E-state index in [9.17, 15) is 9.59 Å². The Morgan fingerprint density at radius 3 is 2.58 bits per heavy atom. The van der Waals surface area contributed by atoms with Crippen molar-refractivity contribution in [1.82, 2.24) is 9.88 Å². The van der Waals surface area contributed by atoms with Gasteiger partial charge in [0.2, 0.25) is 0 Å². The monoisotopic (exact) mass is 329 g/mol. The van der Waals surface area contributed by atoms with E-state index < -0.39 is 6.03 Å². The molecule has 0 saturated heterocycles. The number of hydrogen-bond donors (Lipinski definition) is 3. The molecule has 6 nitrogen and oxygen atoms in total. The van der Waals surface area contributed by atoms with E-state index in [0.29, 0.717) is 13.0 Å². The van der Waals surface area contributed by atoms with Crippen molar-refractivity contribution in [1.29, 1.82) is 0 Å². The van der Waals surface area contributed by atoms with Crippen molar-refractivity contribution < 1.29 is 9.90 Å². The van der Waals surface area contributed by atoms with Gasteiger partial charge in [0.25, 0.3) is 5.56 Å². The minimum Gasteiger partial charge on any atom is -0.394 e. The van der Waals surface area contributed by atoms with E-state index in [4.69, 9.17) is 5.11 Å². The lowest BCUT2D eigenvalue weighted by atomic mass is 10.1. The second-order valence-electron chi connectivity index (χ2n) is 5.73. The van der Waals surface area contributed by atoms with Gasteiger partial charge in [-0.2, -0.15) is 0 Å². The number of nitrogens with zero attached hydrogens (tertiary/aromatic N) is 1. The van der Waals surface area contributed by atoms with Crippen molar-refractivity contribution in [2.24, 2.45) is 0 Å². The molecule has 24 heavy (non-hydrogen) atoms. The Balaban J connectivity index is 2.11. The van der Waals surface area contributed by atoms with Crippen LogP contribution in [0.3, 0.4) is 0 Å². The maximum Gasteiger partial charge on any atom is 0.319 e. The number of amides is 2. The Morgan fingerprint density at radius 1 is 1.25 bits per heavy atom. The van der Waals surface area contributed by atoms with Gasteiger partial charge in [0, 0.05) is 6.20 Å². The van der Waals surface area contributed by atoms with Crippen molar-refractivity contribution in [2.45, 2.75) is 32.9 Å². The molecule has 6 heteroatoms. The van der Waals surface area contributed by atoms with Gasteiger partial charge >= 0.3 is 6.03 Å². The van der Waals surface area contributed by atoms with Crippen LogP contribution >= 0.6 is 0 Å². The Hall–Kier alpha value is -2.60. The van der Waals surface area contributed by atoms with Crippen LogP contribution in [0, 0.1) is 6.92 Å². The number of carbonyl (C=O) groups is 1. The third-order valence-electron chi connectivity index (χ3n) is 3.79. The fraction of sp³-hybridized carbons (Fsp3) is 0.333. The summed E-state index contributed by atoms with van der Waals surface area (Å²) in [6, 6.07) is 10.4. The van der Waals surface area contributed by atoms with Crippen LogP contribution in [0.25, 0.3) is 0 Å². The SMILES string of the molecule is CCC(CO)NC(=O)Nc1cccn(Cc2ccc(C)cc2)c1=O. The first kappa shape index (κ1) is 17.7. The van der Waals surface area contributed by atoms with Gasteiger partial charge in [-0.3, -0.25) is 4.79 Å². The first-order valence-corrected chi connectivity index (χ1v) is 7.97. The predicted octanol–water partition coefficient (Wildman–Crippen LogP) is 2.10. The topological polar surface area (TPSA) is 83.4 Å². The molecule has 0 spiro atoms. The van der Waals surface area contributed by atoms with Crippen LogP contribution in [-0.4, -0.2) is 28.4 Å². The standard InChI is InChI=1S/C18H23N3O3/c1-3-15(12-22)19-18(24)20-16-5-4-10-21(17(16)23)11-14-8-6-13(2)7-9-14/h4-10,15,22H,3,11-12H2,1-2H3,(H2,19,20,24). The third-order valence-corrected chi connectivity index (χ3v) is 3.79. The van der Waals surface area contributed by atoms with Crippen molar-refractivity contribution in [3.8, 4) is 0 Å². The molecule has 1 heterocycles. The summed E-state index contributed by atoms with van der Waals surface area (Å²) in [5.74, 6) is 0. The molecule has 2 rings (SSSR count). The minimum absolute atomic E-state index is 0.142. The smallest absolute Gasteiger partial charge is 0.319 e. The van der Waals surface area contributed by atoms with Gasteiger partial charge in [0.15, 0.2) is 0 Å². The van der Waals surface area contributed by atoms with E-state index in [2.05, 4.69) is 10.6 Å². The molecular formula is C18H23N3O3. The molecule has 3 N–H and O–H groups in total. The van der Waals surface area contributed by atoms with E-state index >= 15 is 0 Å². The second kappa shape index (κ2) is 8.31. The van der Waals surface area contributed by atoms with E-state index in [1.165, 1.54) is 0 Å². The zero-order valence-corrected chi connectivity index (χ0v) is 14.0. The average molecular weight is 329 g/mol. The number of carbonyl (C=O) groups excluding carboxylic acids is 1. The average Bonchev–Trinajstić information content (AvgIpc) is 2.58. The quantitative estimate of drug-likeness (QED) is 0.759. The Kier molecular flexibility index (Phi) is 6.14. The number of urea groups is 1. The number of benzene rings is 1. The molecule has 0 bridgehead atoms. The summed E-state index contributed by atoms with van der Waals surface area (Å²) in [5.41, 5.74) is 2.10. The molecular weight excluding hydrogens is 306 g/mol. The molecule has 0 aliphatic carbocycles. The van der Waals surface area contributed by atoms with Gasteiger partial charge < -0.3 is 20.3 Å². The Bertz CT molecular complexity index is 734. The van der Waals surface area contributed by atoms with Crippen molar-refractivity contribution in [2.75, 3.05) is 11.9 Å². The van der Waals surface area contributed by atoms with E-state index in [1.807, 2.05) is 38.1 Å².